The van der Waals surface area contributed by atoms with Crippen LogP contribution in [-0.4, -0.2) is 44.9 Å². The van der Waals surface area contributed by atoms with Crippen molar-refractivity contribution in [2.45, 2.75) is 19.0 Å². The molecule has 3 aromatic rings. The average Bonchev–Trinajstić information content (AvgIpc) is 3.16. The number of nitrogens with zero attached hydrogens (tertiary/aromatic N) is 4. The lowest BCUT2D eigenvalue weighted by molar-refractivity contribution is -0.113. The Morgan fingerprint density at radius 1 is 1.14 bits per heavy atom. The molecule has 1 heterocycles. The van der Waals surface area contributed by atoms with Crippen molar-refractivity contribution >= 4 is 29.3 Å². The summed E-state index contributed by atoms with van der Waals surface area (Å²) in [5.41, 5.74) is 4.02. The molecule has 0 radical (unpaired) electrons. The van der Waals surface area contributed by atoms with Crippen molar-refractivity contribution in [3.63, 3.8) is 0 Å². The highest BCUT2D eigenvalue weighted by molar-refractivity contribution is 7.99. The molecule has 9 heteroatoms. The molecule has 1 aromatic heterocycles. The van der Waals surface area contributed by atoms with Gasteiger partial charge in [-0.2, -0.15) is 4.68 Å². The number of esters is 1. The number of anilines is 1. The number of ether oxygens (including phenoxy) is 1. The SMILES string of the molecule is COC(=O)c1ccc(NC(=O)CSc2nnnn2-c2cc(C)ccc2C)cc1. The van der Waals surface area contributed by atoms with Crippen molar-refractivity contribution in [1.29, 1.82) is 0 Å². The Morgan fingerprint density at radius 2 is 1.89 bits per heavy atom. The number of hydrogen-bond donors (Lipinski definition) is 1. The first-order valence-electron chi connectivity index (χ1n) is 8.45. The molecule has 0 spiro atoms. The molecule has 0 saturated carbocycles. The number of amides is 1. The van der Waals surface area contributed by atoms with Crippen LogP contribution in [0.25, 0.3) is 5.69 Å². The second kappa shape index (κ2) is 8.66. The molecule has 0 aliphatic heterocycles. The minimum absolute atomic E-state index is 0.143. The van der Waals surface area contributed by atoms with E-state index in [0.717, 1.165) is 16.8 Å². The maximum atomic E-state index is 12.3. The van der Waals surface area contributed by atoms with Crippen molar-refractivity contribution in [3.8, 4) is 5.69 Å². The summed E-state index contributed by atoms with van der Waals surface area (Å²) in [6, 6.07) is 12.5. The number of rotatable bonds is 6. The third kappa shape index (κ3) is 4.55. The highest BCUT2D eigenvalue weighted by atomic mass is 32.2. The summed E-state index contributed by atoms with van der Waals surface area (Å²) >= 11 is 1.24. The van der Waals surface area contributed by atoms with Gasteiger partial charge in [0.05, 0.1) is 24.1 Å². The molecule has 3 rings (SSSR count). The Bertz CT molecular complexity index is 1000. The van der Waals surface area contributed by atoms with E-state index in [1.54, 1.807) is 28.9 Å². The number of carbonyl (C=O) groups is 2. The van der Waals surface area contributed by atoms with Crippen LogP contribution in [0.3, 0.4) is 0 Å². The summed E-state index contributed by atoms with van der Waals surface area (Å²) in [4.78, 5) is 23.7. The average molecular weight is 397 g/mol. The fourth-order valence-electron chi connectivity index (χ4n) is 2.50. The van der Waals surface area contributed by atoms with Gasteiger partial charge in [-0.1, -0.05) is 23.9 Å². The highest BCUT2D eigenvalue weighted by Crippen LogP contribution is 2.22. The molecule has 0 aliphatic rings. The zero-order valence-corrected chi connectivity index (χ0v) is 16.5. The van der Waals surface area contributed by atoms with Crippen LogP contribution in [0.2, 0.25) is 0 Å². The molecule has 1 amide bonds. The fourth-order valence-corrected chi connectivity index (χ4v) is 3.19. The molecule has 0 fully saturated rings. The Labute approximate surface area is 166 Å². The number of nitrogens with one attached hydrogen (secondary N) is 1. The molecule has 0 unspecified atom stereocenters. The van der Waals surface area contributed by atoms with Crippen LogP contribution < -0.4 is 5.32 Å². The second-order valence-electron chi connectivity index (χ2n) is 6.07. The summed E-state index contributed by atoms with van der Waals surface area (Å²) in [6.07, 6.45) is 0. The van der Waals surface area contributed by atoms with E-state index in [-0.39, 0.29) is 11.7 Å². The zero-order valence-electron chi connectivity index (χ0n) is 15.7. The molecule has 1 N–H and O–H groups in total. The van der Waals surface area contributed by atoms with Crippen molar-refractivity contribution < 1.29 is 14.3 Å². The standard InChI is InChI=1S/C19H19N5O3S/c1-12-4-5-13(2)16(10-12)24-19(21-22-23-24)28-11-17(25)20-15-8-6-14(7-9-15)18(26)27-3/h4-10H,11H2,1-3H3,(H,20,25). The van der Waals surface area contributed by atoms with Gasteiger partial charge in [-0.3, -0.25) is 4.79 Å². The summed E-state index contributed by atoms with van der Waals surface area (Å²) < 4.78 is 6.28. The second-order valence-corrected chi connectivity index (χ2v) is 7.01. The van der Waals surface area contributed by atoms with Gasteiger partial charge in [0.15, 0.2) is 0 Å². The van der Waals surface area contributed by atoms with E-state index in [0.29, 0.717) is 16.4 Å². The number of aryl methyl sites for hydroxylation is 2. The first-order valence-corrected chi connectivity index (χ1v) is 9.43. The topological polar surface area (TPSA) is 99.0 Å². The third-order valence-electron chi connectivity index (χ3n) is 3.96. The van der Waals surface area contributed by atoms with Crippen molar-refractivity contribution in [2.24, 2.45) is 0 Å². The van der Waals surface area contributed by atoms with Gasteiger partial charge < -0.3 is 10.1 Å². The van der Waals surface area contributed by atoms with E-state index in [2.05, 4.69) is 25.6 Å². The predicted octanol–water partition coefficient (Wildman–Crippen LogP) is 2.80. The Hall–Kier alpha value is -3.20. The number of carbonyl (C=O) groups excluding carboxylic acids is 2. The third-order valence-corrected chi connectivity index (χ3v) is 4.88. The molecule has 0 bridgehead atoms. The van der Waals surface area contributed by atoms with Gasteiger partial charge in [0, 0.05) is 5.69 Å². The maximum Gasteiger partial charge on any atom is 0.337 e. The molecular formula is C19H19N5O3S. The van der Waals surface area contributed by atoms with Gasteiger partial charge >= 0.3 is 5.97 Å². The normalized spacial score (nSPS) is 10.5. The number of tetrazole rings is 1. The fraction of sp³-hybridized carbons (Fsp3) is 0.211. The van der Waals surface area contributed by atoms with Crippen LogP contribution in [0.15, 0.2) is 47.6 Å². The summed E-state index contributed by atoms with van der Waals surface area (Å²) in [7, 11) is 1.32. The van der Waals surface area contributed by atoms with Crippen LogP contribution in [0.5, 0.6) is 0 Å². The molecule has 144 valence electrons. The zero-order chi connectivity index (χ0) is 20.1. The monoisotopic (exact) mass is 397 g/mol. The first-order chi connectivity index (χ1) is 13.5. The van der Waals surface area contributed by atoms with Gasteiger partial charge in [0.2, 0.25) is 11.1 Å². The van der Waals surface area contributed by atoms with Crippen molar-refractivity contribution in [3.05, 3.63) is 59.2 Å². The van der Waals surface area contributed by atoms with Crippen LogP contribution in [-0.2, 0) is 9.53 Å². The van der Waals surface area contributed by atoms with Crippen LogP contribution in [0.4, 0.5) is 5.69 Å². The van der Waals surface area contributed by atoms with Gasteiger partial charge in [-0.15, -0.1) is 5.10 Å². The lowest BCUT2D eigenvalue weighted by atomic mass is 10.1. The van der Waals surface area contributed by atoms with E-state index in [1.807, 2.05) is 32.0 Å². The summed E-state index contributed by atoms with van der Waals surface area (Å²) in [5, 5.41) is 15.1. The van der Waals surface area contributed by atoms with Crippen LogP contribution >= 0.6 is 11.8 Å². The molecule has 0 atom stereocenters. The lowest BCUT2D eigenvalue weighted by Gasteiger charge is -2.09. The number of thioether (sulfide) groups is 1. The van der Waals surface area contributed by atoms with Crippen LogP contribution in [0.1, 0.15) is 21.5 Å². The number of aromatic nitrogens is 4. The van der Waals surface area contributed by atoms with E-state index in [9.17, 15) is 9.59 Å². The Morgan fingerprint density at radius 3 is 2.61 bits per heavy atom. The lowest BCUT2D eigenvalue weighted by Crippen LogP contribution is -2.15. The quantitative estimate of drug-likeness (QED) is 0.504. The minimum Gasteiger partial charge on any atom is -0.465 e. The number of benzene rings is 2. The first kappa shape index (κ1) is 19.6. The molecule has 2 aromatic carbocycles. The molecule has 0 aliphatic carbocycles. The van der Waals surface area contributed by atoms with E-state index in [4.69, 9.17) is 0 Å². The Balaban J connectivity index is 1.64. The predicted molar refractivity (Wildman–Crippen MR) is 106 cm³/mol. The highest BCUT2D eigenvalue weighted by Gasteiger charge is 2.14. The van der Waals surface area contributed by atoms with Crippen molar-refractivity contribution in [2.75, 3.05) is 18.2 Å². The number of hydrogen-bond acceptors (Lipinski definition) is 7. The van der Waals surface area contributed by atoms with E-state index in [1.165, 1.54) is 18.9 Å². The van der Waals surface area contributed by atoms with Crippen molar-refractivity contribution in [1.82, 2.24) is 20.2 Å². The summed E-state index contributed by atoms with van der Waals surface area (Å²) in [6.45, 7) is 3.98. The minimum atomic E-state index is -0.424. The van der Waals surface area contributed by atoms with E-state index >= 15 is 0 Å². The largest absolute Gasteiger partial charge is 0.465 e. The molecular weight excluding hydrogens is 378 g/mol. The Kier molecular flexibility index (Phi) is 6.05. The van der Waals surface area contributed by atoms with Gasteiger partial charge in [-0.25, -0.2) is 4.79 Å². The van der Waals surface area contributed by atoms with Gasteiger partial charge in [0.1, 0.15) is 0 Å². The van der Waals surface area contributed by atoms with E-state index < -0.39 is 5.97 Å². The summed E-state index contributed by atoms with van der Waals surface area (Å²) in [5.74, 6) is -0.484. The number of methoxy groups -OCH3 is 1. The van der Waals surface area contributed by atoms with Gasteiger partial charge in [0.25, 0.3) is 0 Å². The molecule has 8 nitrogen and oxygen atoms in total. The molecule has 0 saturated heterocycles. The maximum absolute atomic E-state index is 12.3. The smallest absolute Gasteiger partial charge is 0.337 e. The molecule has 28 heavy (non-hydrogen) atoms. The van der Waals surface area contributed by atoms with Crippen LogP contribution in [0, 0.1) is 13.8 Å². The van der Waals surface area contributed by atoms with Gasteiger partial charge in [-0.05, 0) is 65.7 Å².